The molecule has 110 valence electrons. The van der Waals surface area contributed by atoms with Crippen LogP contribution in [-0.2, 0) is 6.54 Å². The van der Waals surface area contributed by atoms with Gasteiger partial charge in [-0.15, -0.1) is 0 Å². The van der Waals surface area contributed by atoms with Crippen LogP contribution in [0.25, 0.3) is 0 Å². The lowest BCUT2D eigenvalue weighted by atomic mass is 10.0. The first-order valence-electron chi connectivity index (χ1n) is 7.02. The number of piperazine rings is 1. The number of hydrogen-bond donors (Lipinski definition) is 1. The quantitative estimate of drug-likeness (QED) is 0.937. The van der Waals surface area contributed by atoms with E-state index < -0.39 is 0 Å². The Morgan fingerprint density at radius 1 is 1.19 bits per heavy atom. The molecule has 0 bridgehead atoms. The van der Waals surface area contributed by atoms with E-state index in [4.69, 9.17) is 23.2 Å². The smallest absolute Gasteiger partial charge is 0.0477 e. The first-order chi connectivity index (χ1) is 10.2. The van der Waals surface area contributed by atoms with Gasteiger partial charge >= 0.3 is 0 Å². The van der Waals surface area contributed by atoms with Gasteiger partial charge in [0.05, 0.1) is 0 Å². The second-order valence-electron chi connectivity index (χ2n) is 5.21. The predicted octanol–water partition coefficient (Wildman–Crippen LogP) is 3.53. The summed E-state index contributed by atoms with van der Waals surface area (Å²) in [6.45, 7) is 3.70. The Morgan fingerprint density at radius 2 is 2.00 bits per heavy atom. The number of benzene rings is 1. The molecule has 2 aromatic rings. The molecule has 1 unspecified atom stereocenters. The topological polar surface area (TPSA) is 28.2 Å². The maximum Gasteiger partial charge on any atom is 0.0477 e. The minimum absolute atomic E-state index is 0.330. The van der Waals surface area contributed by atoms with Crippen molar-refractivity contribution in [3.8, 4) is 0 Å². The second kappa shape index (κ2) is 6.75. The van der Waals surface area contributed by atoms with Gasteiger partial charge in [-0.3, -0.25) is 9.88 Å². The summed E-state index contributed by atoms with van der Waals surface area (Å²) in [5, 5.41) is 4.95. The number of rotatable bonds is 3. The van der Waals surface area contributed by atoms with E-state index >= 15 is 0 Å². The molecule has 21 heavy (non-hydrogen) atoms. The first-order valence-corrected chi connectivity index (χ1v) is 7.78. The van der Waals surface area contributed by atoms with Gasteiger partial charge in [-0.1, -0.05) is 23.2 Å². The Labute approximate surface area is 134 Å². The zero-order chi connectivity index (χ0) is 14.7. The molecular formula is C16H17Cl2N3. The van der Waals surface area contributed by atoms with E-state index in [-0.39, 0.29) is 0 Å². The normalized spacial score (nSPS) is 19.6. The van der Waals surface area contributed by atoms with Crippen molar-refractivity contribution in [3.05, 3.63) is 63.9 Å². The highest BCUT2D eigenvalue weighted by atomic mass is 35.5. The molecule has 1 atom stereocenters. The highest BCUT2D eigenvalue weighted by molar-refractivity contribution is 6.33. The summed E-state index contributed by atoms with van der Waals surface area (Å²) in [5.74, 6) is 0. The van der Waals surface area contributed by atoms with E-state index in [1.807, 2.05) is 30.6 Å². The summed E-state index contributed by atoms with van der Waals surface area (Å²) in [4.78, 5) is 6.53. The van der Waals surface area contributed by atoms with Crippen LogP contribution in [-0.4, -0.2) is 29.5 Å². The zero-order valence-corrected chi connectivity index (χ0v) is 13.1. The van der Waals surface area contributed by atoms with Crippen molar-refractivity contribution in [1.82, 2.24) is 15.2 Å². The standard InChI is InChI=1S/C16H17Cl2N3/c17-14-1-2-15(18)13(9-14)11-21-8-7-20-10-16(21)12-3-5-19-6-4-12/h1-6,9,16,20H,7-8,10-11H2. The van der Waals surface area contributed by atoms with E-state index in [9.17, 15) is 0 Å². The average Bonchev–Trinajstić information content (AvgIpc) is 2.52. The van der Waals surface area contributed by atoms with E-state index in [1.165, 1.54) is 5.56 Å². The number of halogens is 2. The molecule has 1 aliphatic heterocycles. The van der Waals surface area contributed by atoms with Crippen molar-refractivity contribution in [2.45, 2.75) is 12.6 Å². The van der Waals surface area contributed by atoms with Gasteiger partial charge in [0.15, 0.2) is 0 Å². The minimum atomic E-state index is 0.330. The maximum absolute atomic E-state index is 6.30. The van der Waals surface area contributed by atoms with Gasteiger partial charge in [-0.25, -0.2) is 0 Å². The number of aromatic nitrogens is 1. The van der Waals surface area contributed by atoms with E-state index in [1.54, 1.807) is 0 Å². The fraction of sp³-hybridized carbons (Fsp3) is 0.312. The lowest BCUT2D eigenvalue weighted by Crippen LogP contribution is -2.45. The molecule has 1 aromatic heterocycles. The highest BCUT2D eigenvalue weighted by Gasteiger charge is 2.24. The molecule has 0 spiro atoms. The summed E-state index contributed by atoms with van der Waals surface area (Å²) in [7, 11) is 0. The van der Waals surface area contributed by atoms with Crippen molar-refractivity contribution in [3.63, 3.8) is 0 Å². The third-order valence-corrected chi connectivity index (χ3v) is 4.43. The van der Waals surface area contributed by atoms with Crippen LogP contribution < -0.4 is 5.32 Å². The van der Waals surface area contributed by atoms with Gasteiger partial charge in [-0.2, -0.15) is 0 Å². The molecule has 0 amide bonds. The Bertz CT molecular complexity index is 604. The summed E-state index contributed by atoms with van der Waals surface area (Å²) in [6, 6.07) is 10.1. The molecule has 2 heterocycles. The van der Waals surface area contributed by atoms with E-state index in [0.717, 1.165) is 41.8 Å². The lowest BCUT2D eigenvalue weighted by Gasteiger charge is -2.36. The predicted molar refractivity (Wildman–Crippen MR) is 86.7 cm³/mol. The third kappa shape index (κ3) is 3.55. The molecule has 1 fully saturated rings. The van der Waals surface area contributed by atoms with Gasteiger partial charge in [0.25, 0.3) is 0 Å². The van der Waals surface area contributed by atoms with Crippen LogP contribution in [0.2, 0.25) is 10.0 Å². The molecule has 1 N–H and O–H groups in total. The highest BCUT2D eigenvalue weighted by Crippen LogP contribution is 2.27. The average molecular weight is 322 g/mol. The van der Waals surface area contributed by atoms with Gasteiger partial charge in [0, 0.05) is 54.7 Å². The molecule has 1 saturated heterocycles. The molecule has 0 saturated carbocycles. The van der Waals surface area contributed by atoms with Crippen molar-refractivity contribution >= 4 is 23.2 Å². The van der Waals surface area contributed by atoms with Gasteiger partial charge in [0.1, 0.15) is 0 Å². The summed E-state index contributed by atoms with van der Waals surface area (Å²) in [6.07, 6.45) is 3.68. The Morgan fingerprint density at radius 3 is 2.81 bits per heavy atom. The molecule has 0 radical (unpaired) electrons. The minimum Gasteiger partial charge on any atom is -0.314 e. The van der Waals surface area contributed by atoms with Crippen molar-refractivity contribution in [1.29, 1.82) is 0 Å². The van der Waals surface area contributed by atoms with Crippen LogP contribution in [0.4, 0.5) is 0 Å². The monoisotopic (exact) mass is 321 g/mol. The van der Waals surface area contributed by atoms with Crippen molar-refractivity contribution < 1.29 is 0 Å². The summed E-state index contributed by atoms with van der Waals surface area (Å²) in [5.41, 5.74) is 2.35. The van der Waals surface area contributed by atoms with Gasteiger partial charge < -0.3 is 5.32 Å². The molecule has 1 aliphatic rings. The first kappa shape index (κ1) is 14.8. The van der Waals surface area contributed by atoms with E-state index in [2.05, 4.69) is 27.3 Å². The fourth-order valence-corrected chi connectivity index (χ4v) is 3.11. The maximum atomic E-state index is 6.30. The second-order valence-corrected chi connectivity index (χ2v) is 6.05. The summed E-state index contributed by atoms with van der Waals surface area (Å²) < 4.78 is 0. The fourth-order valence-electron chi connectivity index (χ4n) is 2.73. The number of nitrogens with one attached hydrogen (secondary N) is 1. The van der Waals surface area contributed by atoms with Crippen molar-refractivity contribution in [2.24, 2.45) is 0 Å². The van der Waals surface area contributed by atoms with Crippen molar-refractivity contribution in [2.75, 3.05) is 19.6 Å². The lowest BCUT2D eigenvalue weighted by molar-refractivity contribution is 0.153. The van der Waals surface area contributed by atoms with Crippen LogP contribution in [0.15, 0.2) is 42.7 Å². The molecule has 1 aromatic carbocycles. The Balaban J connectivity index is 1.83. The number of pyridine rings is 1. The summed E-state index contributed by atoms with van der Waals surface area (Å²) >= 11 is 12.4. The molecule has 5 heteroatoms. The molecule has 3 rings (SSSR count). The molecular weight excluding hydrogens is 305 g/mol. The van der Waals surface area contributed by atoms with Gasteiger partial charge in [-0.05, 0) is 41.5 Å². The molecule has 3 nitrogen and oxygen atoms in total. The largest absolute Gasteiger partial charge is 0.314 e. The Kier molecular flexibility index (Phi) is 4.76. The van der Waals surface area contributed by atoms with Crippen LogP contribution >= 0.6 is 23.2 Å². The third-order valence-electron chi connectivity index (χ3n) is 3.83. The zero-order valence-electron chi connectivity index (χ0n) is 11.6. The van der Waals surface area contributed by atoms with Crippen LogP contribution in [0.1, 0.15) is 17.2 Å². The molecule has 0 aliphatic carbocycles. The van der Waals surface area contributed by atoms with Crippen LogP contribution in [0.3, 0.4) is 0 Å². The van der Waals surface area contributed by atoms with Gasteiger partial charge in [0.2, 0.25) is 0 Å². The van der Waals surface area contributed by atoms with Crippen LogP contribution in [0.5, 0.6) is 0 Å². The number of hydrogen-bond acceptors (Lipinski definition) is 3. The Hall–Kier alpha value is -1.13. The van der Waals surface area contributed by atoms with Crippen LogP contribution in [0, 0.1) is 0 Å². The SMILES string of the molecule is Clc1ccc(Cl)c(CN2CCNCC2c2ccncc2)c1. The number of nitrogens with zero attached hydrogens (tertiary/aromatic N) is 2. The van der Waals surface area contributed by atoms with E-state index in [0.29, 0.717) is 6.04 Å².